The smallest absolute Gasteiger partial charge is 0.433 e. The van der Waals surface area contributed by atoms with Crippen LogP contribution in [0, 0.1) is 0 Å². The van der Waals surface area contributed by atoms with Gasteiger partial charge in [-0.15, -0.1) is 0 Å². The van der Waals surface area contributed by atoms with Crippen molar-refractivity contribution in [2.75, 3.05) is 0 Å². The van der Waals surface area contributed by atoms with Crippen LogP contribution in [-0.2, 0) is 9.53 Å². The fourth-order valence-electron chi connectivity index (χ4n) is 1.97. The van der Waals surface area contributed by atoms with Crippen molar-refractivity contribution in [3.05, 3.63) is 12.7 Å². The minimum absolute atomic E-state index is 0.539. The Morgan fingerprint density at radius 1 is 0.720 bits per heavy atom. The summed E-state index contributed by atoms with van der Waals surface area (Å²) in [6.45, 7) is 2.28. The van der Waals surface area contributed by atoms with Gasteiger partial charge in [0.1, 0.15) is 0 Å². The molecular formula is C10H3F13O2. The van der Waals surface area contributed by atoms with Crippen LogP contribution in [0.25, 0.3) is 0 Å². The number of halogens is 13. The second-order valence-corrected chi connectivity index (χ2v) is 4.68. The van der Waals surface area contributed by atoms with Gasteiger partial charge in [0.15, 0.2) is 0 Å². The van der Waals surface area contributed by atoms with Crippen molar-refractivity contribution in [3.63, 3.8) is 0 Å². The number of hydrogen-bond acceptors (Lipinski definition) is 2. The molecule has 1 fully saturated rings. The van der Waals surface area contributed by atoms with Gasteiger partial charge >= 0.3 is 47.4 Å². The van der Waals surface area contributed by atoms with Crippen LogP contribution in [0.2, 0.25) is 0 Å². The maximum absolute atomic E-state index is 13.6. The highest BCUT2D eigenvalue weighted by molar-refractivity contribution is 5.82. The van der Waals surface area contributed by atoms with Crippen LogP contribution in [0.4, 0.5) is 57.1 Å². The Balaban J connectivity index is 4.09. The van der Waals surface area contributed by atoms with E-state index in [1.54, 1.807) is 0 Å². The highest BCUT2D eigenvalue weighted by Gasteiger charge is 3.06. The second-order valence-electron chi connectivity index (χ2n) is 4.68. The topological polar surface area (TPSA) is 26.3 Å². The molecule has 1 aliphatic rings. The van der Waals surface area contributed by atoms with E-state index in [0.29, 0.717) is 0 Å². The Hall–Kier alpha value is -1.70. The van der Waals surface area contributed by atoms with Crippen molar-refractivity contribution in [2.45, 2.75) is 41.4 Å². The van der Waals surface area contributed by atoms with Crippen LogP contribution in [0.1, 0.15) is 0 Å². The molecule has 0 saturated heterocycles. The van der Waals surface area contributed by atoms with Gasteiger partial charge in [0.2, 0.25) is 0 Å². The van der Waals surface area contributed by atoms with Crippen LogP contribution in [0.5, 0.6) is 0 Å². The van der Waals surface area contributed by atoms with Gasteiger partial charge in [0.25, 0.3) is 0 Å². The average molecular weight is 402 g/mol. The summed E-state index contributed by atoms with van der Waals surface area (Å²) in [5.74, 6) is -41.3. The molecule has 0 atom stereocenters. The van der Waals surface area contributed by atoms with Crippen molar-refractivity contribution in [1.82, 2.24) is 0 Å². The van der Waals surface area contributed by atoms with Gasteiger partial charge in [-0.05, 0) is 0 Å². The van der Waals surface area contributed by atoms with E-state index >= 15 is 0 Å². The molecule has 0 radical (unpaired) electrons. The zero-order valence-corrected chi connectivity index (χ0v) is 11.0. The first-order valence-corrected chi connectivity index (χ1v) is 5.52. The third kappa shape index (κ3) is 1.97. The molecule has 0 unspecified atom stereocenters. The van der Waals surface area contributed by atoms with Crippen LogP contribution in [0.3, 0.4) is 0 Å². The number of alkyl halides is 13. The Kier molecular flexibility index (Phi) is 4.21. The van der Waals surface area contributed by atoms with Gasteiger partial charge in [-0.1, -0.05) is 6.58 Å². The molecule has 1 aliphatic carbocycles. The van der Waals surface area contributed by atoms with Crippen LogP contribution < -0.4 is 0 Å². The quantitative estimate of drug-likeness (QED) is 0.393. The van der Waals surface area contributed by atoms with Gasteiger partial charge < -0.3 is 4.74 Å². The highest BCUT2D eigenvalue weighted by atomic mass is 19.4. The summed E-state index contributed by atoms with van der Waals surface area (Å²) in [7, 11) is 0. The molecule has 0 heterocycles. The average Bonchev–Trinajstić information content (AvgIpc) is 2.40. The summed E-state index contributed by atoms with van der Waals surface area (Å²) in [6.07, 6.45) is -8.08. The fourth-order valence-corrected chi connectivity index (χ4v) is 1.97. The summed E-state index contributed by atoms with van der Waals surface area (Å²) < 4.78 is 174. The van der Waals surface area contributed by atoms with E-state index in [-0.39, 0.29) is 0 Å². The lowest BCUT2D eigenvalue weighted by Gasteiger charge is -2.54. The molecule has 1 saturated carbocycles. The third-order valence-electron chi connectivity index (χ3n) is 3.28. The van der Waals surface area contributed by atoms with E-state index in [0.717, 1.165) is 0 Å². The van der Waals surface area contributed by atoms with Crippen LogP contribution in [-0.4, -0.2) is 47.4 Å². The molecule has 0 bridgehead atoms. The molecule has 0 aromatic rings. The van der Waals surface area contributed by atoms with E-state index < -0.39 is 53.4 Å². The van der Waals surface area contributed by atoms with Gasteiger partial charge in [0.05, 0.1) is 0 Å². The van der Waals surface area contributed by atoms with Crippen molar-refractivity contribution in [3.8, 4) is 0 Å². The summed E-state index contributed by atoms with van der Waals surface area (Å²) in [4.78, 5) is 10.7. The Morgan fingerprint density at radius 3 is 1.24 bits per heavy atom. The Bertz CT molecular complexity index is 558. The van der Waals surface area contributed by atoms with Gasteiger partial charge in [0, 0.05) is 6.08 Å². The van der Waals surface area contributed by atoms with Crippen molar-refractivity contribution >= 4 is 5.97 Å². The van der Waals surface area contributed by atoms with Crippen LogP contribution in [0.15, 0.2) is 12.7 Å². The maximum atomic E-state index is 13.6. The fraction of sp³-hybridized carbons (Fsp3) is 0.700. The minimum atomic E-state index is -7.70. The van der Waals surface area contributed by atoms with E-state index in [1.807, 2.05) is 0 Å². The summed E-state index contributed by atoms with van der Waals surface area (Å²) in [6, 6.07) is 0. The molecule has 146 valence electrons. The Labute approximate surface area is 128 Å². The standard InChI is InChI=1S/C10H3F13O2/c1-2-3(24)25-4(10(21,22)23)5(11,12)7(15,16)9(19,20)8(17,18)6(4,13)14/h2H,1H2. The zero-order valence-electron chi connectivity index (χ0n) is 11.0. The third-order valence-corrected chi connectivity index (χ3v) is 3.28. The molecule has 0 aromatic carbocycles. The molecular weight excluding hydrogens is 399 g/mol. The first kappa shape index (κ1) is 21.3. The second kappa shape index (κ2) is 4.93. The van der Waals surface area contributed by atoms with Crippen molar-refractivity contribution < 1.29 is 66.6 Å². The van der Waals surface area contributed by atoms with E-state index in [1.165, 1.54) is 0 Å². The summed E-state index contributed by atoms with van der Waals surface area (Å²) in [5, 5.41) is 0. The lowest BCUT2D eigenvalue weighted by Crippen LogP contribution is -2.89. The first-order chi connectivity index (χ1) is 10.7. The number of carbonyl (C=O) groups excluding carboxylic acids is 1. The maximum Gasteiger partial charge on any atom is 0.441 e. The SMILES string of the molecule is C=CC(=O)OC1(C(F)(F)F)C(F)(F)C(F)(F)C(F)(F)C(F)(F)C1(F)F. The largest absolute Gasteiger partial charge is 0.441 e. The number of ether oxygens (including phenoxy) is 1. The van der Waals surface area contributed by atoms with Crippen molar-refractivity contribution in [2.24, 2.45) is 0 Å². The van der Waals surface area contributed by atoms with E-state index in [9.17, 15) is 61.9 Å². The van der Waals surface area contributed by atoms with Crippen LogP contribution >= 0.6 is 0 Å². The predicted molar refractivity (Wildman–Crippen MR) is 49.8 cm³/mol. The summed E-state index contributed by atoms with van der Waals surface area (Å²) in [5.41, 5.74) is -7.31. The first-order valence-electron chi connectivity index (χ1n) is 5.52. The molecule has 0 aliphatic heterocycles. The minimum Gasteiger partial charge on any atom is -0.433 e. The Morgan fingerprint density at radius 2 is 1.00 bits per heavy atom. The lowest BCUT2D eigenvalue weighted by atomic mass is 9.70. The monoisotopic (exact) mass is 402 g/mol. The number of rotatable bonds is 2. The normalized spacial score (nSPS) is 28.0. The number of hydrogen-bond donors (Lipinski definition) is 0. The molecule has 2 nitrogen and oxygen atoms in total. The number of esters is 1. The highest BCUT2D eigenvalue weighted by Crippen LogP contribution is 2.72. The lowest BCUT2D eigenvalue weighted by molar-refractivity contribution is -0.527. The molecule has 0 aromatic heterocycles. The van der Waals surface area contributed by atoms with E-state index in [2.05, 4.69) is 11.3 Å². The number of carbonyl (C=O) groups is 1. The van der Waals surface area contributed by atoms with Gasteiger partial charge in [-0.25, -0.2) is 4.79 Å². The molecule has 0 spiro atoms. The van der Waals surface area contributed by atoms with E-state index in [4.69, 9.17) is 0 Å². The summed E-state index contributed by atoms with van der Waals surface area (Å²) >= 11 is 0. The molecule has 0 N–H and O–H groups in total. The van der Waals surface area contributed by atoms with Gasteiger partial charge in [-0.2, -0.15) is 57.1 Å². The molecule has 1 rings (SSSR count). The van der Waals surface area contributed by atoms with Crippen molar-refractivity contribution in [1.29, 1.82) is 0 Å². The molecule has 25 heavy (non-hydrogen) atoms. The van der Waals surface area contributed by atoms with Gasteiger partial charge in [-0.3, -0.25) is 0 Å². The predicted octanol–water partition coefficient (Wildman–Crippen LogP) is 4.21. The molecule has 15 heteroatoms. The molecule has 0 amide bonds. The zero-order chi connectivity index (χ0) is 20.5.